The number of carbonyl (C=O) groups excluding carboxylic acids is 2. The van der Waals surface area contributed by atoms with Crippen LogP contribution in [0.25, 0.3) is 0 Å². The molecule has 0 aromatic heterocycles. The van der Waals surface area contributed by atoms with Gasteiger partial charge in [0.05, 0.1) is 38.0 Å². The third-order valence-corrected chi connectivity index (χ3v) is 9.86. The van der Waals surface area contributed by atoms with E-state index in [9.17, 15) is 4.79 Å². The minimum absolute atomic E-state index is 0.100. The van der Waals surface area contributed by atoms with Crippen molar-refractivity contribution in [1.82, 2.24) is 19.6 Å². The van der Waals surface area contributed by atoms with Crippen molar-refractivity contribution in [1.29, 1.82) is 0 Å². The molecule has 51 heavy (non-hydrogen) atoms. The molecular formula is C42H47N5O4. The maximum Gasteiger partial charge on any atom is 0.326 e. The number of benzene rings is 3. The van der Waals surface area contributed by atoms with Gasteiger partial charge in [-0.1, -0.05) is 62.9 Å². The largest absolute Gasteiger partial charge is 0.493 e. The zero-order chi connectivity index (χ0) is 36.1. The van der Waals surface area contributed by atoms with Crippen molar-refractivity contribution in [3.63, 3.8) is 0 Å². The third-order valence-electron chi connectivity index (χ3n) is 9.86. The predicted molar refractivity (Wildman–Crippen MR) is 200 cm³/mol. The molecule has 2 saturated heterocycles. The highest BCUT2D eigenvalue weighted by Crippen LogP contribution is 2.45. The normalized spacial score (nSPS) is 19.6. The van der Waals surface area contributed by atoms with Crippen LogP contribution in [0, 0.1) is 24.7 Å². The van der Waals surface area contributed by atoms with Crippen LogP contribution >= 0.6 is 0 Å². The SMILES string of the molecule is C#Cc1ccc([C@@H]2[C@H](c3ccc(C#C)cc3)N=C(c3ccc(C(C)(C)C)cc3OCC)N2C(=O)N2CCN(CC(=O)N3CCOCC3)CC2)cc1. The Morgan fingerprint density at radius 1 is 0.843 bits per heavy atom. The number of ether oxygens (including phenoxy) is 2. The first-order valence-electron chi connectivity index (χ1n) is 17.8. The fraction of sp³-hybridized carbons (Fsp3) is 0.405. The molecule has 2 fully saturated rings. The first-order valence-corrected chi connectivity index (χ1v) is 17.8. The summed E-state index contributed by atoms with van der Waals surface area (Å²) in [4.78, 5) is 41.1. The Bertz CT molecular complexity index is 1830. The van der Waals surface area contributed by atoms with Crippen LogP contribution in [0.2, 0.25) is 0 Å². The van der Waals surface area contributed by atoms with Gasteiger partial charge in [-0.25, -0.2) is 4.79 Å². The van der Waals surface area contributed by atoms with E-state index < -0.39 is 12.1 Å². The number of aliphatic imine (C=N–C) groups is 1. The Morgan fingerprint density at radius 3 is 2.02 bits per heavy atom. The van der Waals surface area contributed by atoms with Gasteiger partial charge in [-0.15, -0.1) is 12.8 Å². The molecule has 3 aliphatic rings. The van der Waals surface area contributed by atoms with Crippen LogP contribution in [0.5, 0.6) is 5.75 Å². The van der Waals surface area contributed by atoms with E-state index in [4.69, 9.17) is 27.3 Å². The molecule has 3 aliphatic heterocycles. The molecule has 0 bridgehead atoms. The number of amides is 3. The van der Waals surface area contributed by atoms with Crippen LogP contribution in [-0.2, 0) is 14.9 Å². The summed E-state index contributed by atoms with van der Waals surface area (Å²) in [5.74, 6) is 6.74. The van der Waals surface area contributed by atoms with Crippen molar-refractivity contribution >= 4 is 17.8 Å². The van der Waals surface area contributed by atoms with E-state index in [1.165, 1.54) is 0 Å². The molecule has 0 spiro atoms. The summed E-state index contributed by atoms with van der Waals surface area (Å²) in [5.41, 5.74) is 5.13. The van der Waals surface area contributed by atoms with Gasteiger partial charge >= 0.3 is 6.03 Å². The number of terminal acetylenes is 2. The summed E-state index contributed by atoms with van der Waals surface area (Å²) < 4.78 is 11.7. The van der Waals surface area contributed by atoms with Crippen LogP contribution < -0.4 is 4.74 Å². The van der Waals surface area contributed by atoms with Crippen LogP contribution in [0.4, 0.5) is 4.79 Å². The Balaban J connectivity index is 1.39. The molecule has 2 atom stereocenters. The molecular weight excluding hydrogens is 638 g/mol. The smallest absolute Gasteiger partial charge is 0.326 e. The fourth-order valence-corrected chi connectivity index (χ4v) is 6.89. The van der Waals surface area contributed by atoms with Crippen molar-refractivity contribution in [2.75, 3.05) is 65.6 Å². The third kappa shape index (κ3) is 7.81. The number of hydrogen-bond donors (Lipinski definition) is 0. The zero-order valence-corrected chi connectivity index (χ0v) is 30.1. The summed E-state index contributed by atoms with van der Waals surface area (Å²) in [5, 5.41) is 0. The number of hydrogen-bond acceptors (Lipinski definition) is 6. The second-order valence-electron chi connectivity index (χ2n) is 14.2. The monoisotopic (exact) mass is 685 g/mol. The van der Waals surface area contributed by atoms with Crippen molar-refractivity contribution in [3.05, 3.63) is 100 Å². The number of rotatable bonds is 7. The molecule has 264 valence electrons. The van der Waals surface area contributed by atoms with E-state index in [2.05, 4.69) is 49.6 Å². The van der Waals surface area contributed by atoms with Gasteiger partial charge in [-0.05, 0) is 65.4 Å². The summed E-state index contributed by atoms with van der Waals surface area (Å²) in [6, 6.07) is 20.7. The average molecular weight is 686 g/mol. The van der Waals surface area contributed by atoms with Gasteiger partial charge in [-0.3, -0.25) is 19.6 Å². The van der Waals surface area contributed by atoms with Crippen molar-refractivity contribution in [3.8, 4) is 30.4 Å². The lowest BCUT2D eigenvalue weighted by atomic mass is 9.86. The predicted octanol–water partition coefficient (Wildman–Crippen LogP) is 5.49. The Kier molecular flexibility index (Phi) is 10.8. The summed E-state index contributed by atoms with van der Waals surface area (Å²) in [7, 11) is 0. The van der Waals surface area contributed by atoms with E-state index in [1.54, 1.807) is 0 Å². The molecule has 3 aromatic rings. The average Bonchev–Trinajstić information content (AvgIpc) is 3.55. The standard InChI is InChI=1S/C42H47N5O4/c1-7-30-10-14-32(15-11-30)38-39(33-16-12-31(8-2)13-17-33)47(40(43-38)35-19-18-34(42(4,5)6)28-36(35)51-9-3)41(49)46-22-20-44(21-23-46)29-37(48)45-24-26-50-27-25-45/h1-2,10-19,28,38-39H,9,20-27,29H2,3-6H3/t38-,39+/m0/s1. The minimum Gasteiger partial charge on any atom is -0.493 e. The number of morpholine rings is 1. The van der Waals surface area contributed by atoms with Gasteiger partial charge in [0.2, 0.25) is 5.91 Å². The molecule has 3 heterocycles. The fourth-order valence-electron chi connectivity index (χ4n) is 6.89. The number of piperazine rings is 1. The lowest BCUT2D eigenvalue weighted by molar-refractivity contribution is -0.136. The summed E-state index contributed by atoms with van der Waals surface area (Å²) in [6.45, 7) is 13.8. The number of amidine groups is 1. The second kappa shape index (κ2) is 15.4. The van der Waals surface area contributed by atoms with Crippen LogP contribution in [-0.4, -0.2) is 103 Å². The minimum atomic E-state index is -0.478. The van der Waals surface area contributed by atoms with E-state index >= 15 is 4.79 Å². The lowest BCUT2D eigenvalue weighted by Crippen LogP contribution is -2.56. The highest BCUT2D eigenvalue weighted by molar-refractivity contribution is 6.11. The van der Waals surface area contributed by atoms with Gasteiger partial charge in [0.15, 0.2) is 0 Å². The Hall–Kier alpha value is -5.09. The van der Waals surface area contributed by atoms with Gasteiger partial charge in [0, 0.05) is 50.4 Å². The maximum absolute atomic E-state index is 15.0. The number of carbonyl (C=O) groups is 2. The highest BCUT2D eigenvalue weighted by atomic mass is 16.5. The van der Waals surface area contributed by atoms with E-state index in [0.29, 0.717) is 77.2 Å². The first kappa shape index (κ1) is 35.7. The van der Waals surface area contributed by atoms with Gasteiger partial charge in [0.25, 0.3) is 0 Å². The summed E-state index contributed by atoms with van der Waals surface area (Å²) >= 11 is 0. The molecule has 0 radical (unpaired) electrons. The molecule has 0 N–H and O–H groups in total. The van der Waals surface area contributed by atoms with E-state index in [-0.39, 0.29) is 17.4 Å². The molecule has 0 unspecified atom stereocenters. The van der Waals surface area contributed by atoms with Gasteiger partial charge < -0.3 is 19.3 Å². The van der Waals surface area contributed by atoms with Crippen molar-refractivity contribution in [2.24, 2.45) is 4.99 Å². The molecule has 0 saturated carbocycles. The Labute approximate surface area is 302 Å². The van der Waals surface area contributed by atoms with E-state index in [1.807, 2.05) is 76.2 Å². The van der Waals surface area contributed by atoms with Crippen LogP contribution in [0.1, 0.15) is 73.2 Å². The van der Waals surface area contributed by atoms with Crippen molar-refractivity contribution < 1.29 is 19.1 Å². The topological polar surface area (TPSA) is 77.9 Å². The maximum atomic E-state index is 15.0. The Morgan fingerprint density at radius 2 is 1.45 bits per heavy atom. The summed E-state index contributed by atoms with van der Waals surface area (Å²) in [6.07, 6.45) is 11.4. The van der Waals surface area contributed by atoms with E-state index in [0.717, 1.165) is 33.4 Å². The molecule has 3 aromatic carbocycles. The molecule has 0 aliphatic carbocycles. The molecule has 9 nitrogen and oxygen atoms in total. The first-order chi connectivity index (χ1) is 24.6. The number of urea groups is 1. The van der Waals surface area contributed by atoms with Gasteiger partial charge in [-0.2, -0.15) is 0 Å². The molecule has 9 heteroatoms. The quantitative estimate of drug-likeness (QED) is 0.308. The molecule has 3 amide bonds. The number of nitrogens with zero attached hydrogens (tertiary/aromatic N) is 5. The zero-order valence-electron chi connectivity index (χ0n) is 30.1. The van der Waals surface area contributed by atoms with Crippen LogP contribution in [0.15, 0.2) is 71.7 Å². The second-order valence-corrected chi connectivity index (χ2v) is 14.2. The molecule has 6 rings (SSSR count). The lowest BCUT2D eigenvalue weighted by Gasteiger charge is -2.39. The highest BCUT2D eigenvalue weighted by Gasteiger charge is 2.45. The van der Waals surface area contributed by atoms with Gasteiger partial charge in [0.1, 0.15) is 17.6 Å². The van der Waals surface area contributed by atoms with Crippen LogP contribution in [0.3, 0.4) is 0 Å². The van der Waals surface area contributed by atoms with Crippen molar-refractivity contribution in [2.45, 2.75) is 45.2 Å².